The molecule has 1 fully saturated rings. The summed E-state index contributed by atoms with van der Waals surface area (Å²) < 4.78 is 39.7. The van der Waals surface area contributed by atoms with Crippen LogP contribution in [0.15, 0.2) is 36.4 Å². The van der Waals surface area contributed by atoms with Crippen molar-refractivity contribution < 1.29 is 13.2 Å². The van der Waals surface area contributed by atoms with Crippen LogP contribution in [0, 0.1) is 25.1 Å². The maximum atomic E-state index is 14.8. The van der Waals surface area contributed by atoms with E-state index >= 15 is 0 Å². The number of nitrogens with zero attached hydrogens (tertiary/aromatic N) is 5. The SMILES string of the molecule is CC1(C(F)F)CC1.Cc1cccc2c1CCCN2c1nc2nnc(C)n2c2c(F)cccc12. The molecule has 2 aromatic carbocycles. The molecule has 2 aromatic heterocycles. The lowest BCUT2D eigenvalue weighted by Crippen LogP contribution is -2.26. The number of rotatable bonds is 2. The zero-order chi connectivity index (χ0) is 23.3. The zero-order valence-electron chi connectivity index (χ0n) is 18.9. The van der Waals surface area contributed by atoms with Gasteiger partial charge in [-0.1, -0.05) is 25.1 Å². The third kappa shape index (κ3) is 3.71. The van der Waals surface area contributed by atoms with Gasteiger partial charge in [0.25, 0.3) is 5.78 Å². The molecule has 1 saturated carbocycles. The summed E-state index contributed by atoms with van der Waals surface area (Å²) in [6.45, 7) is 6.42. The molecule has 0 radical (unpaired) electrons. The highest BCUT2D eigenvalue weighted by Crippen LogP contribution is 2.49. The monoisotopic (exact) mass is 453 g/mol. The van der Waals surface area contributed by atoms with Crippen molar-refractivity contribution in [2.75, 3.05) is 11.4 Å². The van der Waals surface area contributed by atoms with Crippen LogP contribution in [0.1, 0.15) is 43.1 Å². The number of fused-ring (bicyclic) bond motifs is 4. The van der Waals surface area contributed by atoms with E-state index in [9.17, 15) is 13.2 Å². The Hall–Kier alpha value is -3.16. The number of aryl methyl sites for hydroxylation is 2. The molecule has 0 spiro atoms. The van der Waals surface area contributed by atoms with Crippen molar-refractivity contribution in [3.05, 3.63) is 59.2 Å². The Morgan fingerprint density at radius 3 is 2.48 bits per heavy atom. The van der Waals surface area contributed by atoms with E-state index in [4.69, 9.17) is 4.98 Å². The van der Waals surface area contributed by atoms with Crippen LogP contribution >= 0.6 is 0 Å². The predicted octanol–water partition coefficient (Wildman–Crippen LogP) is 6.17. The van der Waals surface area contributed by atoms with E-state index in [-0.39, 0.29) is 5.82 Å². The second-order valence-corrected chi connectivity index (χ2v) is 9.24. The maximum absolute atomic E-state index is 14.8. The lowest BCUT2D eigenvalue weighted by atomic mass is 9.97. The third-order valence-corrected chi connectivity index (χ3v) is 6.77. The molecule has 1 aliphatic carbocycles. The predicted molar refractivity (Wildman–Crippen MR) is 123 cm³/mol. The molecule has 172 valence electrons. The summed E-state index contributed by atoms with van der Waals surface area (Å²) in [4.78, 5) is 6.96. The van der Waals surface area contributed by atoms with Gasteiger partial charge in [0.2, 0.25) is 6.43 Å². The van der Waals surface area contributed by atoms with Crippen molar-refractivity contribution in [3.8, 4) is 0 Å². The molecule has 0 unspecified atom stereocenters. The summed E-state index contributed by atoms with van der Waals surface area (Å²) in [6, 6.07) is 11.4. The Morgan fingerprint density at radius 2 is 1.79 bits per heavy atom. The second-order valence-electron chi connectivity index (χ2n) is 9.24. The Kier molecular flexibility index (Phi) is 5.26. The lowest BCUT2D eigenvalue weighted by molar-refractivity contribution is 0.0721. The quantitative estimate of drug-likeness (QED) is 0.364. The van der Waals surface area contributed by atoms with Gasteiger partial charge >= 0.3 is 0 Å². The molecular weight excluding hydrogens is 427 g/mol. The number of anilines is 2. The molecule has 0 saturated heterocycles. The number of benzene rings is 2. The minimum Gasteiger partial charge on any atom is -0.325 e. The van der Waals surface area contributed by atoms with Crippen molar-refractivity contribution in [2.24, 2.45) is 5.41 Å². The molecule has 33 heavy (non-hydrogen) atoms. The van der Waals surface area contributed by atoms with Gasteiger partial charge in [-0.25, -0.2) is 13.2 Å². The maximum Gasteiger partial charge on any atom is 0.257 e. The van der Waals surface area contributed by atoms with E-state index in [0.29, 0.717) is 30.0 Å². The molecule has 8 heteroatoms. The molecular formula is C25H26F3N5. The summed E-state index contributed by atoms with van der Waals surface area (Å²) in [5, 5.41) is 9.02. The van der Waals surface area contributed by atoms with E-state index in [1.54, 1.807) is 17.4 Å². The highest BCUT2D eigenvalue weighted by Gasteiger charge is 2.46. The van der Waals surface area contributed by atoms with Gasteiger partial charge in [-0.3, -0.25) is 4.40 Å². The van der Waals surface area contributed by atoms with Gasteiger partial charge in [-0.05, 0) is 68.9 Å². The summed E-state index contributed by atoms with van der Waals surface area (Å²) in [5.41, 5.74) is 3.66. The largest absolute Gasteiger partial charge is 0.325 e. The van der Waals surface area contributed by atoms with Crippen LogP contribution in [0.5, 0.6) is 0 Å². The number of hydrogen-bond acceptors (Lipinski definition) is 4. The van der Waals surface area contributed by atoms with Crippen molar-refractivity contribution in [2.45, 2.75) is 52.9 Å². The van der Waals surface area contributed by atoms with E-state index in [1.165, 1.54) is 17.2 Å². The van der Waals surface area contributed by atoms with Crippen LogP contribution in [0.3, 0.4) is 0 Å². The van der Waals surface area contributed by atoms with Crippen molar-refractivity contribution in [3.63, 3.8) is 0 Å². The van der Waals surface area contributed by atoms with Gasteiger partial charge in [-0.15, -0.1) is 10.2 Å². The number of hydrogen-bond donors (Lipinski definition) is 0. The molecule has 3 heterocycles. The first-order valence-corrected chi connectivity index (χ1v) is 11.2. The van der Waals surface area contributed by atoms with E-state index in [2.05, 4.69) is 40.2 Å². The first-order chi connectivity index (χ1) is 15.8. The summed E-state index contributed by atoms with van der Waals surface area (Å²) >= 11 is 0. The Balaban J connectivity index is 0.000000281. The molecule has 1 aliphatic heterocycles. The van der Waals surface area contributed by atoms with Crippen LogP contribution in [-0.4, -0.2) is 32.6 Å². The Labute approximate surface area is 190 Å². The van der Waals surface area contributed by atoms with Gasteiger partial charge in [0.05, 0.1) is 5.52 Å². The normalized spacial score (nSPS) is 16.6. The molecule has 0 atom stereocenters. The summed E-state index contributed by atoms with van der Waals surface area (Å²) in [5.74, 6) is 1.50. The minimum atomic E-state index is -2.09. The molecule has 6 rings (SSSR count). The third-order valence-electron chi connectivity index (χ3n) is 6.77. The van der Waals surface area contributed by atoms with Crippen LogP contribution in [0.25, 0.3) is 16.7 Å². The van der Waals surface area contributed by atoms with Crippen LogP contribution in [-0.2, 0) is 6.42 Å². The molecule has 5 nitrogen and oxygen atoms in total. The van der Waals surface area contributed by atoms with Gasteiger partial charge in [0.1, 0.15) is 17.5 Å². The molecule has 0 amide bonds. The van der Waals surface area contributed by atoms with E-state index < -0.39 is 11.8 Å². The Bertz CT molecular complexity index is 1340. The highest BCUT2D eigenvalue weighted by molar-refractivity contribution is 5.94. The van der Waals surface area contributed by atoms with Crippen LogP contribution in [0.4, 0.5) is 24.7 Å². The summed E-state index contributed by atoms with van der Waals surface area (Å²) in [6.07, 6.45) is 1.42. The van der Waals surface area contributed by atoms with Crippen LogP contribution < -0.4 is 4.90 Å². The second kappa shape index (κ2) is 8.01. The fourth-order valence-electron chi connectivity index (χ4n) is 4.40. The molecule has 2 aliphatic rings. The number of alkyl halides is 2. The van der Waals surface area contributed by atoms with E-state index in [1.807, 2.05) is 13.0 Å². The van der Waals surface area contributed by atoms with Crippen molar-refractivity contribution in [1.29, 1.82) is 0 Å². The first kappa shape index (κ1) is 21.7. The van der Waals surface area contributed by atoms with Gasteiger partial charge in [0, 0.05) is 23.0 Å². The highest BCUT2D eigenvalue weighted by atomic mass is 19.3. The standard InChI is InChI=1S/C20H18FN5.C5H8F2/c1-12-6-3-10-17-14(12)8-5-11-25(17)19-15-7-4-9-16(21)18(15)26-13(2)23-24-20(26)22-19;1-5(2-3-5)4(6)7/h3-4,6-7,9-10H,5,8,11H2,1-2H3;4H,2-3H2,1H3. The zero-order valence-corrected chi connectivity index (χ0v) is 18.9. The molecule has 4 aromatic rings. The smallest absolute Gasteiger partial charge is 0.257 e. The number of para-hydroxylation sites is 1. The number of aromatic nitrogens is 4. The number of halogens is 3. The fraction of sp³-hybridized carbons (Fsp3) is 0.400. The van der Waals surface area contributed by atoms with Crippen LogP contribution in [0.2, 0.25) is 0 Å². The molecule has 0 bridgehead atoms. The van der Waals surface area contributed by atoms with Gasteiger partial charge < -0.3 is 4.90 Å². The average molecular weight is 454 g/mol. The van der Waals surface area contributed by atoms with Gasteiger partial charge in [0.15, 0.2) is 0 Å². The van der Waals surface area contributed by atoms with Crippen molar-refractivity contribution >= 4 is 28.2 Å². The minimum absolute atomic E-state index is 0.291. The lowest BCUT2D eigenvalue weighted by Gasteiger charge is -2.32. The van der Waals surface area contributed by atoms with Gasteiger partial charge in [-0.2, -0.15) is 4.98 Å². The Morgan fingerprint density at radius 1 is 1.03 bits per heavy atom. The first-order valence-electron chi connectivity index (χ1n) is 11.2. The van der Waals surface area contributed by atoms with E-state index in [0.717, 1.165) is 36.3 Å². The van der Waals surface area contributed by atoms with Crippen molar-refractivity contribution in [1.82, 2.24) is 19.6 Å². The summed E-state index contributed by atoms with van der Waals surface area (Å²) in [7, 11) is 0. The fourth-order valence-corrected chi connectivity index (χ4v) is 4.40. The average Bonchev–Trinajstić information content (AvgIpc) is 3.46. The molecule has 0 N–H and O–H groups in total. The topological polar surface area (TPSA) is 46.3 Å².